The van der Waals surface area contributed by atoms with Crippen molar-refractivity contribution in [1.29, 1.82) is 0 Å². The van der Waals surface area contributed by atoms with Crippen LogP contribution in [0.4, 0.5) is 0 Å². The molecule has 0 aliphatic heterocycles. The monoisotopic (exact) mass is 213 g/mol. The number of aldehydes is 1. The van der Waals surface area contributed by atoms with Crippen LogP contribution in [0.5, 0.6) is 11.5 Å². The molecule has 5 N–H and O–H groups in total. The molecule has 0 aromatic heterocycles. The molecule has 1 aromatic rings. The van der Waals surface area contributed by atoms with Gasteiger partial charge >= 0.3 is 5.97 Å². The zero-order valence-electron chi connectivity index (χ0n) is 7.75. The summed E-state index contributed by atoms with van der Waals surface area (Å²) in [5, 5.41) is 25.2. The van der Waals surface area contributed by atoms with E-state index in [4.69, 9.17) is 15.3 Å². The van der Waals surface area contributed by atoms with Crippen molar-refractivity contribution >= 4 is 12.3 Å². The lowest BCUT2D eigenvalue weighted by Crippen LogP contribution is -2.10. The SMILES string of the molecule is NCC(=O)O.O=Cc1cc(O)cc(O)c1. The van der Waals surface area contributed by atoms with Crippen LogP contribution in [0.25, 0.3) is 0 Å². The van der Waals surface area contributed by atoms with E-state index in [1.165, 1.54) is 12.1 Å². The third-order valence-corrected chi connectivity index (χ3v) is 1.24. The molecule has 6 heteroatoms. The van der Waals surface area contributed by atoms with Gasteiger partial charge in [0.05, 0.1) is 6.54 Å². The Kier molecular flexibility index (Phi) is 5.50. The summed E-state index contributed by atoms with van der Waals surface area (Å²) in [6, 6.07) is 3.70. The first-order valence-corrected chi connectivity index (χ1v) is 3.89. The molecule has 15 heavy (non-hydrogen) atoms. The van der Waals surface area contributed by atoms with Gasteiger partial charge in [0.2, 0.25) is 0 Å². The first-order valence-electron chi connectivity index (χ1n) is 3.89. The molecule has 0 saturated carbocycles. The fraction of sp³-hybridized carbons (Fsp3) is 0.111. The van der Waals surface area contributed by atoms with E-state index in [-0.39, 0.29) is 23.6 Å². The minimum Gasteiger partial charge on any atom is -0.508 e. The van der Waals surface area contributed by atoms with Crippen molar-refractivity contribution in [2.75, 3.05) is 6.54 Å². The van der Waals surface area contributed by atoms with E-state index in [1.54, 1.807) is 0 Å². The molecule has 0 amide bonds. The summed E-state index contributed by atoms with van der Waals surface area (Å²) in [7, 11) is 0. The van der Waals surface area contributed by atoms with Gasteiger partial charge in [-0.3, -0.25) is 9.59 Å². The van der Waals surface area contributed by atoms with Gasteiger partial charge in [0.15, 0.2) is 0 Å². The van der Waals surface area contributed by atoms with Gasteiger partial charge in [0.1, 0.15) is 17.8 Å². The number of phenols is 2. The molecular weight excluding hydrogens is 202 g/mol. The van der Waals surface area contributed by atoms with Crippen molar-refractivity contribution in [2.24, 2.45) is 5.73 Å². The second-order valence-corrected chi connectivity index (χ2v) is 2.50. The molecule has 0 bridgehead atoms. The summed E-state index contributed by atoms with van der Waals surface area (Å²) in [5.74, 6) is -1.19. The van der Waals surface area contributed by atoms with Crippen molar-refractivity contribution in [3.05, 3.63) is 23.8 Å². The molecule has 0 fully saturated rings. The number of rotatable bonds is 2. The molecule has 6 nitrogen and oxygen atoms in total. The molecule has 82 valence electrons. The van der Waals surface area contributed by atoms with Crippen LogP contribution in [-0.4, -0.2) is 34.1 Å². The molecule has 0 spiro atoms. The van der Waals surface area contributed by atoms with Crippen molar-refractivity contribution in [2.45, 2.75) is 0 Å². The molecule has 0 saturated heterocycles. The van der Waals surface area contributed by atoms with E-state index in [0.717, 1.165) is 6.07 Å². The Morgan fingerprint density at radius 1 is 1.27 bits per heavy atom. The van der Waals surface area contributed by atoms with Crippen LogP contribution in [0.1, 0.15) is 10.4 Å². The Labute approximate surface area is 85.6 Å². The topological polar surface area (TPSA) is 121 Å². The number of carbonyl (C=O) groups is 2. The number of hydrogen-bond acceptors (Lipinski definition) is 5. The third kappa shape index (κ3) is 6.05. The van der Waals surface area contributed by atoms with Crippen LogP contribution < -0.4 is 5.73 Å². The van der Waals surface area contributed by atoms with Crippen LogP contribution >= 0.6 is 0 Å². The molecule has 0 atom stereocenters. The molecule has 1 aromatic carbocycles. The van der Waals surface area contributed by atoms with Crippen LogP contribution in [0.2, 0.25) is 0 Å². The van der Waals surface area contributed by atoms with Gasteiger partial charge in [-0.25, -0.2) is 0 Å². The number of nitrogens with two attached hydrogens (primary N) is 1. The van der Waals surface area contributed by atoms with Crippen molar-refractivity contribution in [3.63, 3.8) is 0 Å². The van der Waals surface area contributed by atoms with E-state index in [9.17, 15) is 9.59 Å². The van der Waals surface area contributed by atoms with Crippen molar-refractivity contribution < 1.29 is 24.9 Å². The summed E-state index contributed by atoms with van der Waals surface area (Å²) in [6.07, 6.45) is 0.555. The zero-order valence-corrected chi connectivity index (χ0v) is 7.75. The fourth-order valence-electron chi connectivity index (χ4n) is 0.686. The Hall–Kier alpha value is -2.08. The quantitative estimate of drug-likeness (QED) is 0.510. The number of carboxylic acids is 1. The van der Waals surface area contributed by atoms with Crippen LogP contribution in [-0.2, 0) is 4.79 Å². The van der Waals surface area contributed by atoms with Gasteiger partial charge in [-0.15, -0.1) is 0 Å². The number of aliphatic carboxylic acids is 1. The van der Waals surface area contributed by atoms with E-state index in [2.05, 4.69) is 5.73 Å². The van der Waals surface area contributed by atoms with Gasteiger partial charge in [-0.1, -0.05) is 0 Å². The largest absolute Gasteiger partial charge is 0.508 e. The van der Waals surface area contributed by atoms with Gasteiger partial charge < -0.3 is 21.1 Å². The summed E-state index contributed by atoms with van der Waals surface area (Å²) >= 11 is 0. The molecule has 0 heterocycles. The molecule has 0 radical (unpaired) electrons. The Morgan fingerprint density at radius 2 is 1.67 bits per heavy atom. The number of carbonyl (C=O) groups excluding carboxylic acids is 1. The van der Waals surface area contributed by atoms with E-state index in [1.807, 2.05) is 0 Å². The van der Waals surface area contributed by atoms with Crippen molar-refractivity contribution in [1.82, 2.24) is 0 Å². The summed E-state index contributed by atoms with van der Waals surface area (Å²) in [4.78, 5) is 19.3. The Morgan fingerprint density at radius 3 is 1.93 bits per heavy atom. The van der Waals surface area contributed by atoms with Crippen LogP contribution in [0, 0.1) is 0 Å². The molecule has 0 unspecified atom stereocenters. The van der Waals surface area contributed by atoms with Crippen LogP contribution in [0.3, 0.4) is 0 Å². The average molecular weight is 213 g/mol. The number of carboxylic acid groups (broad SMARTS) is 1. The lowest BCUT2D eigenvalue weighted by molar-refractivity contribution is -0.135. The normalized spacial score (nSPS) is 8.60. The fourth-order valence-corrected chi connectivity index (χ4v) is 0.686. The summed E-state index contributed by atoms with van der Waals surface area (Å²) < 4.78 is 0. The number of aromatic hydroxyl groups is 2. The van der Waals surface area contributed by atoms with Gasteiger partial charge in [0.25, 0.3) is 0 Å². The third-order valence-electron chi connectivity index (χ3n) is 1.24. The summed E-state index contributed by atoms with van der Waals surface area (Å²) in [5.41, 5.74) is 4.83. The second-order valence-electron chi connectivity index (χ2n) is 2.50. The molecular formula is C9H11NO5. The van der Waals surface area contributed by atoms with E-state index >= 15 is 0 Å². The van der Waals surface area contributed by atoms with Gasteiger partial charge in [0, 0.05) is 11.6 Å². The maximum absolute atomic E-state index is 10.1. The van der Waals surface area contributed by atoms with Gasteiger partial charge in [-0.2, -0.15) is 0 Å². The number of benzene rings is 1. The van der Waals surface area contributed by atoms with Gasteiger partial charge in [-0.05, 0) is 12.1 Å². The summed E-state index contributed by atoms with van der Waals surface area (Å²) in [6.45, 7) is -0.278. The van der Waals surface area contributed by atoms with Crippen molar-refractivity contribution in [3.8, 4) is 11.5 Å². The van der Waals surface area contributed by atoms with Crippen LogP contribution in [0.15, 0.2) is 18.2 Å². The highest BCUT2D eigenvalue weighted by Gasteiger charge is 1.95. The number of hydrogen-bond donors (Lipinski definition) is 4. The maximum atomic E-state index is 10.1. The second kappa shape index (κ2) is 6.39. The zero-order chi connectivity index (χ0) is 11.8. The van der Waals surface area contributed by atoms with E-state index < -0.39 is 5.97 Å². The molecule has 0 aliphatic carbocycles. The number of phenolic OH excluding ortho intramolecular Hbond substituents is 2. The lowest BCUT2D eigenvalue weighted by Gasteiger charge is -1.94. The highest BCUT2D eigenvalue weighted by atomic mass is 16.4. The molecule has 1 rings (SSSR count). The minimum absolute atomic E-state index is 0.109. The minimum atomic E-state index is -0.968. The predicted molar refractivity (Wildman–Crippen MR) is 51.8 cm³/mol. The standard InChI is InChI=1S/C7H6O3.C2H5NO2/c8-4-5-1-6(9)3-7(10)2-5;3-1-2(4)5/h1-4,9-10H;1,3H2,(H,4,5). The first-order chi connectivity index (χ1) is 6.99. The van der Waals surface area contributed by atoms with E-state index in [0.29, 0.717) is 6.29 Å². The molecule has 0 aliphatic rings. The average Bonchev–Trinajstić information content (AvgIpc) is 2.17. The smallest absolute Gasteiger partial charge is 0.317 e. The predicted octanol–water partition coefficient (Wildman–Crippen LogP) is -0.0600. The maximum Gasteiger partial charge on any atom is 0.317 e. The Balaban J connectivity index is 0.000000336. The highest BCUT2D eigenvalue weighted by molar-refractivity contribution is 5.76. The highest BCUT2D eigenvalue weighted by Crippen LogP contribution is 2.18. The Bertz CT molecular complexity index is 330. The first kappa shape index (κ1) is 12.9. The lowest BCUT2D eigenvalue weighted by atomic mass is 10.2.